The Labute approximate surface area is 624 Å². The minimum Gasteiger partial charge on any atom is -0.494 e. The number of aromatic nitrogens is 10. The van der Waals surface area contributed by atoms with Gasteiger partial charge >= 0.3 is 24.4 Å². The first kappa shape index (κ1) is 71.5. The lowest BCUT2D eigenvalue weighted by Crippen LogP contribution is -2.69. The molecule has 28 nitrogen and oxygen atoms in total. The van der Waals surface area contributed by atoms with Crippen LogP contribution >= 0.6 is 0 Å². The quantitative estimate of drug-likeness (QED) is 0.0616. The van der Waals surface area contributed by atoms with Crippen molar-refractivity contribution in [2.45, 2.75) is 101 Å². The molecular weight excluding hydrogens is 1430 g/mol. The van der Waals surface area contributed by atoms with E-state index in [0.717, 1.165) is 133 Å². The number of anilines is 6. The van der Waals surface area contributed by atoms with Crippen LogP contribution < -0.4 is 50.3 Å². The zero-order valence-electron chi connectivity index (χ0n) is 60.0. The number of nitrogens with one attached hydrogen (secondary N) is 4. The monoisotopic (exact) mass is 1510 g/mol. The van der Waals surface area contributed by atoms with Gasteiger partial charge < -0.3 is 34.8 Å². The predicted octanol–water partition coefficient (Wildman–Crippen LogP) is 10.7. The van der Waals surface area contributed by atoms with Gasteiger partial charge in [0.2, 0.25) is 11.8 Å². The van der Waals surface area contributed by atoms with Crippen LogP contribution in [0.1, 0.15) is 109 Å². The van der Waals surface area contributed by atoms with E-state index in [1.165, 1.54) is 36.2 Å². The summed E-state index contributed by atoms with van der Waals surface area (Å²) < 4.78 is 102. The molecule has 18 rings (SSSR count). The van der Waals surface area contributed by atoms with Crippen molar-refractivity contribution in [3.8, 4) is 11.5 Å². The van der Waals surface area contributed by atoms with Gasteiger partial charge in [-0.05, 0) is 136 Å². The molecule has 4 unspecified atom stereocenters. The Kier molecular flexibility index (Phi) is 18.6. The second-order valence-electron chi connectivity index (χ2n) is 29.7. The first-order valence-electron chi connectivity index (χ1n) is 37.0. The van der Waals surface area contributed by atoms with Crippen molar-refractivity contribution in [2.24, 2.45) is 23.7 Å². The molecule has 2 saturated carbocycles. The van der Waals surface area contributed by atoms with E-state index in [-0.39, 0.29) is 108 Å². The van der Waals surface area contributed by atoms with Gasteiger partial charge in [-0.15, -0.1) is 0 Å². The number of nitrogens with zero attached hydrogens (tertiary/aromatic N) is 16. The topological polar surface area (TPSA) is 284 Å². The molecule has 572 valence electrons. The number of piperazine rings is 1. The van der Waals surface area contributed by atoms with Crippen LogP contribution in [0.5, 0.6) is 11.5 Å². The summed E-state index contributed by atoms with van der Waals surface area (Å²) in [7, 11) is 2.88. The van der Waals surface area contributed by atoms with Gasteiger partial charge in [0.05, 0.1) is 66.8 Å². The largest absolute Gasteiger partial charge is 0.494 e. The highest BCUT2D eigenvalue weighted by Gasteiger charge is 2.50. The molecule has 0 spiro atoms. The molecule has 8 aromatic heterocycles. The summed E-state index contributed by atoms with van der Waals surface area (Å²) in [6, 6.07) is 20.6. The van der Waals surface area contributed by atoms with Gasteiger partial charge in [-0.2, -0.15) is 36.5 Å². The highest BCUT2D eigenvalue weighted by molar-refractivity contribution is 6.08. The third-order valence-electron chi connectivity index (χ3n) is 23.3. The number of carbonyl (C=O) groups excluding carboxylic acids is 6. The van der Waals surface area contributed by atoms with Gasteiger partial charge in [0.25, 0.3) is 11.8 Å². The highest BCUT2D eigenvalue weighted by Crippen LogP contribution is 2.52. The molecule has 34 heteroatoms. The van der Waals surface area contributed by atoms with Crippen LogP contribution in [0.3, 0.4) is 0 Å². The standard InChI is InChI=1S/C76H78F6N20O8/c1-109-61-33-56-45(27-58(61)87-71(105)54-7-3-10-63(85-54)75(77,78)79)39-101(91-56)48-14-12-43(37-93-19-6-20-94(26-25-93)60-9-5-21-97-69(36-84-70(60)97)99-24-18-67(104)90-74(99)108)52(30-48)53-31-49(102-40-46-28-59(62(110-2)34-57(46)92-102)88-72(106)55-8-4-11-64(86-55)76(80,81)82)15-13-44(53)38-100-50-29-51(100)42-95(41-50)47-16-22-96-65(32-47)83-35-68(96)98-23-17-66(103)89-73(98)107/h3-5,7-11,16,21-22,27-28,32-36,39-40,43-44,48-53H,6,12-15,17-20,23-26,29-31,37-38,41-42H2,1-2H3,(H,87,105)(H,88,106)(H,89,103,107)(H,90,104,108)/t43-,44+,48+,49-,50?,51?,52?,53?/m0/s1. The Balaban J connectivity index is 0.688. The number of urea groups is 2. The summed E-state index contributed by atoms with van der Waals surface area (Å²) in [6.07, 6.45) is 8.61. The van der Waals surface area contributed by atoms with Crippen LogP contribution in [0.25, 0.3) is 33.1 Å². The number of fused-ring (bicyclic) bond motifs is 6. The van der Waals surface area contributed by atoms with E-state index in [2.05, 4.69) is 63.0 Å². The molecule has 0 radical (unpaired) electrons. The van der Waals surface area contributed by atoms with E-state index >= 15 is 0 Å². The van der Waals surface area contributed by atoms with Gasteiger partial charge in [-0.3, -0.25) is 62.7 Å². The molecule has 2 aromatic carbocycles. The lowest BCUT2D eigenvalue weighted by atomic mass is 9.61. The second-order valence-corrected chi connectivity index (χ2v) is 29.7. The van der Waals surface area contributed by atoms with E-state index in [9.17, 15) is 55.1 Å². The van der Waals surface area contributed by atoms with Gasteiger partial charge in [0, 0.05) is 143 Å². The van der Waals surface area contributed by atoms with E-state index < -0.39 is 59.0 Å². The third-order valence-corrected chi connectivity index (χ3v) is 23.3. The number of carbonyl (C=O) groups is 6. The van der Waals surface area contributed by atoms with Crippen molar-refractivity contribution in [1.29, 1.82) is 0 Å². The smallest absolute Gasteiger partial charge is 0.433 e. The van der Waals surface area contributed by atoms with Crippen LogP contribution in [0, 0.1) is 23.7 Å². The predicted molar refractivity (Wildman–Crippen MR) is 392 cm³/mol. The fourth-order valence-electron chi connectivity index (χ4n) is 17.9. The first-order valence-corrected chi connectivity index (χ1v) is 37.0. The van der Waals surface area contributed by atoms with Gasteiger partial charge in [0.1, 0.15) is 51.6 Å². The molecule has 6 saturated heterocycles. The summed E-state index contributed by atoms with van der Waals surface area (Å²) in [5.74, 6) is -0.0218. The number of rotatable bonds is 17. The van der Waals surface area contributed by atoms with Crippen LogP contribution in [-0.2, 0) is 21.9 Å². The Morgan fingerprint density at radius 3 is 1.67 bits per heavy atom. The average molecular weight is 1510 g/mol. The number of alkyl halides is 6. The van der Waals surface area contributed by atoms with Crippen LogP contribution in [0.4, 0.5) is 70.3 Å². The zero-order valence-corrected chi connectivity index (χ0v) is 60.0. The lowest BCUT2D eigenvalue weighted by Gasteiger charge is -2.59. The van der Waals surface area contributed by atoms with E-state index in [1.807, 2.05) is 55.1 Å². The number of pyridine rings is 4. The molecule has 2 bridgehead atoms. The molecule has 110 heavy (non-hydrogen) atoms. The molecule has 8 amide bonds. The highest BCUT2D eigenvalue weighted by atomic mass is 19.4. The fraction of sp³-hybridized carbons (Fsp3) is 0.421. The summed E-state index contributed by atoms with van der Waals surface area (Å²) in [5, 5.41) is 22.1. The van der Waals surface area contributed by atoms with Crippen molar-refractivity contribution in [1.82, 2.24) is 68.7 Å². The number of imide groups is 2. The second kappa shape index (κ2) is 28.5. The molecule has 2 aliphatic carbocycles. The van der Waals surface area contributed by atoms with Crippen molar-refractivity contribution in [3.63, 3.8) is 0 Å². The third kappa shape index (κ3) is 13.8. The van der Waals surface area contributed by atoms with Gasteiger partial charge in [0.15, 0.2) is 5.65 Å². The Morgan fingerprint density at radius 2 is 1.12 bits per heavy atom. The minimum atomic E-state index is -4.77. The maximum absolute atomic E-state index is 13.8. The van der Waals surface area contributed by atoms with Crippen LogP contribution in [0.2, 0.25) is 0 Å². The van der Waals surface area contributed by atoms with Crippen molar-refractivity contribution < 1.29 is 64.6 Å². The van der Waals surface area contributed by atoms with Crippen molar-refractivity contribution >= 4 is 103 Å². The summed E-state index contributed by atoms with van der Waals surface area (Å²) in [6.45, 7) is 6.78. The lowest BCUT2D eigenvalue weighted by molar-refractivity contribution is -0.142. The Morgan fingerprint density at radius 1 is 0.564 bits per heavy atom. The minimum absolute atomic E-state index is 0.0942. The van der Waals surface area contributed by atoms with Crippen molar-refractivity contribution in [2.75, 3.05) is 110 Å². The number of amides is 8. The molecule has 8 aliphatic rings. The summed E-state index contributed by atoms with van der Waals surface area (Å²) in [4.78, 5) is 107. The maximum Gasteiger partial charge on any atom is 0.433 e. The number of hydrogen-bond acceptors (Lipinski definition) is 18. The SMILES string of the molecule is COc1cc2nn([C@@H]3CC[C@@H](CN4CCCN(c5cccn6c(N7CCC(=O)NC7=O)cnc56)CC4)C(C4C[C@@H](n5cc6cc(NC(=O)c7cccc(C(F)(F)F)n7)c(OC)cc6n5)CC[C@@H]4CN4C5CC4CN(c4ccn6c(N7CCC(=O)NC7=O)cnc6c4)C5)C3)cc2cc1NC(=O)c1cccc(C(F)(F)F)n1. The first-order chi connectivity index (χ1) is 53.0. The number of piperidine rings is 1. The number of benzene rings is 2. The normalized spacial score (nSPS) is 23.2. The van der Waals surface area contributed by atoms with Crippen LogP contribution in [-0.4, -0.2) is 186 Å². The van der Waals surface area contributed by atoms with Gasteiger partial charge in [-0.1, -0.05) is 12.1 Å². The maximum atomic E-state index is 13.8. The Bertz CT molecular complexity index is 5280. The Hall–Kier alpha value is -11.4. The zero-order chi connectivity index (χ0) is 76.0. The number of imidazole rings is 2. The molecular formula is C76H78F6N20O8. The average Bonchev–Trinajstić information content (AvgIpc) is 0.833. The molecule has 10 aromatic rings. The van der Waals surface area contributed by atoms with Gasteiger partial charge in [-0.25, -0.2) is 29.5 Å². The number of halogens is 6. The number of ether oxygens (including phenoxy) is 2. The summed E-state index contributed by atoms with van der Waals surface area (Å²) >= 11 is 0. The number of hydrogen-bond donors (Lipinski definition) is 4. The van der Waals surface area contributed by atoms with E-state index in [1.54, 1.807) is 36.7 Å². The van der Waals surface area contributed by atoms with E-state index in [4.69, 9.17) is 29.6 Å². The van der Waals surface area contributed by atoms with Crippen molar-refractivity contribution in [3.05, 3.63) is 145 Å². The van der Waals surface area contributed by atoms with E-state index in [0.29, 0.717) is 51.3 Å². The molecule has 6 aliphatic heterocycles. The molecule has 8 atom stereocenters. The van der Waals surface area contributed by atoms with Crippen LogP contribution in [0.15, 0.2) is 122 Å². The fourth-order valence-corrected chi connectivity index (χ4v) is 17.9. The molecule has 4 N–H and O–H groups in total. The molecule has 8 fully saturated rings. The molecule has 14 heterocycles. The number of methoxy groups -OCH3 is 2. The summed E-state index contributed by atoms with van der Waals surface area (Å²) in [5.41, 5.74) is 1.73.